The number of aryl methyl sites for hydroxylation is 1. The molecule has 3 rings (SSSR count). The molecular weight excluding hydrogens is 411 g/mol. The number of H-pyrrole nitrogens is 1. The predicted octanol–water partition coefficient (Wildman–Crippen LogP) is 2.47. The van der Waals surface area contributed by atoms with Crippen LogP contribution in [0.2, 0.25) is 0 Å². The van der Waals surface area contributed by atoms with E-state index in [9.17, 15) is 12.8 Å². The first-order valence-corrected chi connectivity index (χ1v) is 10.5. The van der Waals surface area contributed by atoms with E-state index in [1.54, 1.807) is 12.1 Å². The van der Waals surface area contributed by atoms with E-state index in [0.717, 1.165) is 22.2 Å². The molecule has 0 saturated heterocycles. The number of ether oxygens (including phenoxy) is 2. The maximum absolute atomic E-state index is 13.6. The van der Waals surface area contributed by atoms with Crippen molar-refractivity contribution < 1.29 is 22.3 Å². The number of nitrogens with one attached hydrogen (secondary N) is 2. The van der Waals surface area contributed by atoms with E-state index in [1.807, 2.05) is 6.92 Å². The molecule has 8 nitrogen and oxygen atoms in total. The standard InChI is InChI=1S/C20H23FN4O4S/c1-12-15(16-10-13(21)4-6-17(16)24-12)8-9-23-20(22)25-30(26,27)19-11-14(28-2)5-7-18(19)29-3/h4-7,10-11,24H,8-9H2,1-3H3,(H3,22,23,25). The van der Waals surface area contributed by atoms with Crippen LogP contribution in [0.15, 0.2) is 46.3 Å². The molecule has 0 amide bonds. The molecule has 0 unspecified atom stereocenters. The average molecular weight is 434 g/mol. The van der Waals surface area contributed by atoms with Crippen molar-refractivity contribution in [3.05, 3.63) is 53.5 Å². The normalized spacial score (nSPS) is 12.2. The van der Waals surface area contributed by atoms with Gasteiger partial charge in [0.1, 0.15) is 22.2 Å². The quantitative estimate of drug-likeness (QED) is 0.390. The van der Waals surface area contributed by atoms with Crippen LogP contribution in [-0.2, 0) is 16.4 Å². The number of halogens is 1. The number of hydrogen-bond donors (Lipinski definition) is 3. The summed E-state index contributed by atoms with van der Waals surface area (Å²) in [5.41, 5.74) is 8.41. The highest BCUT2D eigenvalue weighted by Crippen LogP contribution is 2.28. The largest absolute Gasteiger partial charge is 0.497 e. The predicted molar refractivity (Wildman–Crippen MR) is 113 cm³/mol. The third-order valence-electron chi connectivity index (χ3n) is 4.62. The summed E-state index contributed by atoms with van der Waals surface area (Å²) in [7, 11) is -1.24. The lowest BCUT2D eigenvalue weighted by atomic mass is 10.1. The molecule has 4 N–H and O–H groups in total. The van der Waals surface area contributed by atoms with E-state index in [0.29, 0.717) is 12.2 Å². The van der Waals surface area contributed by atoms with Crippen molar-refractivity contribution in [3.63, 3.8) is 0 Å². The Kier molecular flexibility index (Phi) is 6.16. The van der Waals surface area contributed by atoms with Crippen LogP contribution >= 0.6 is 0 Å². The van der Waals surface area contributed by atoms with Crippen molar-refractivity contribution in [2.45, 2.75) is 18.2 Å². The Morgan fingerprint density at radius 1 is 1.20 bits per heavy atom. The van der Waals surface area contributed by atoms with Gasteiger partial charge in [0.25, 0.3) is 10.0 Å². The number of methoxy groups -OCH3 is 2. The number of aromatic nitrogens is 1. The van der Waals surface area contributed by atoms with Gasteiger partial charge in [-0.25, -0.2) is 17.5 Å². The zero-order chi connectivity index (χ0) is 21.9. The molecule has 0 bridgehead atoms. The van der Waals surface area contributed by atoms with Crippen molar-refractivity contribution in [1.82, 2.24) is 9.71 Å². The van der Waals surface area contributed by atoms with E-state index < -0.39 is 10.0 Å². The number of guanidine groups is 1. The molecular formula is C20H23FN4O4S. The van der Waals surface area contributed by atoms with Crippen LogP contribution in [0.4, 0.5) is 4.39 Å². The van der Waals surface area contributed by atoms with Crippen LogP contribution in [0.5, 0.6) is 11.5 Å². The summed E-state index contributed by atoms with van der Waals surface area (Å²) < 4.78 is 51.4. The number of rotatable bonds is 7. The average Bonchev–Trinajstić information content (AvgIpc) is 3.01. The van der Waals surface area contributed by atoms with E-state index in [4.69, 9.17) is 15.2 Å². The van der Waals surface area contributed by atoms with Crippen LogP contribution in [0.3, 0.4) is 0 Å². The third-order valence-corrected chi connectivity index (χ3v) is 6.00. The summed E-state index contributed by atoms with van der Waals surface area (Å²) in [4.78, 5) is 7.17. The number of benzene rings is 2. The fraction of sp³-hybridized carbons (Fsp3) is 0.250. The van der Waals surface area contributed by atoms with Gasteiger partial charge in [-0.2, -0.15) is 0 Å². The van der Waals surface area contributed by atoms with E-state index in [2.05, 4.69) is 14.7 Å². The van der Waals surface area contributed by atoms with E-state index >= 15 is 0 Å². The molecule has 0 atom stereocenters. The van der Waals surface area contributed by atoms with E-state index in [-0.39, 0.29) is 29.0 Å². The molecule has 2 aromatic carbocycles. The first-order chi connectivity index (χ1) is 14.2. The number of aliphatic imine (C=N–C) groups is 1. The summed E-state index contributed by atoms with van der Waals surface area (Å²) in [6, 6.07) is 8.92. The number of fused-ring (bicyclic) bond motifs is 1. The van der Waals surface area contributed by atoms with Gasteiger partial charge in [0.05, 0.1) is 14.2 Å². The van der Waals surface area contributed by atoms with Gasteiger partial charge >= 0.3 is 0 Å². The molecule has 3 aromatic rings. The van der Waals surface area contributed by atoms with Gasteiger partial charge in [0.2, 0.25) is 5.96 Å². The van der Waals surface area contributed by atoms with Crippen LogP contribution in [0.1, 0.15) is 11.3 Å². The highest BCUT2D eigenvalue weighted by Gasteiger charge is 2.21. The fourth-order valence-corrected chi connectivity index (χ4v) is 4.32. The summed E-state index contributed by atoms with van der Waals surface area (Å²) in [5.74, 6) is -0.0874. The number of hydrogen-bond acceptors (Lipinski definition) is 5. The second-order valence-corrected chi connectivity index (χ2v) is 8.21. The zero-order valence-corrected chi connectivity index (χ0v) is 17.6. The summed E-state index contributed by atoms with van der Waals surface area (Å²) in [6.07, 6.45) is 0.459. The van der Waals surface area contributed by atoms with Gasteiger partial charge in [-0.15, -0.1) is 0 Å². The summed E-state index contributed by atoms with van der Waals surface area (Å²) in [5, 5.41) is 0.767. The van der Waals surface area contributed by atoms with Gasteiger partial charge < -0.3 is 20.2 Å². The Labute approximate surface area is 174 Å². The Balaban J connectivity index is 1.76. The van der Waals surface area contributed by atoms with Crippen molar-refractivity contribution in [3.8, 4) is 11.5 Å². The minimum absolute atomic E-state index is 0.120. The molecule has 10 heteroatoms. The van der Waals surface area contributed by atoms with Gasteiger partial charge in [-0.05, 0) is 49.2 Å². The minimum Gasteiger partial charge on any atom is -0.497 e. The molecule has 0 aliphatic carbocycles. The summed E-state index contributed by atoms with van der Waals surface area (Å²) in [6.45, 7) is 2.10. The lowest BCUT2D eigenvalue weighted by Crippen LogP contribution is -2.37. The number of sulfonamides is 1. The van der Waals surface area contributed by atoms with Crippen molar-refractivity contribution in [2.75, 3.05) is 20.8 Å². The molecule has 0 radical (unpaired) electrons. The van der Waals surface area contributed by atoms with Gasteiger partial charge in [0, 0.05) is 29.2 Å². The minimum atomic E-state index is -4.03. The van der Waals surface area contributed by atoms with Gasteiger partial charge in [0.15, 0.2) is 0 Å². The fourth-order valence-electron chi connectivity index (χ4n) is 3.18. The first kappa shape index (κ1) is 21.4. The highest BCUT2D eigenvalue weighted by atomic mass is 32.2. The third kappa shape index (κ3) is 4.48. The maximum atomic E-state index is 13.6. The maximum Gasteiger partial charge on any atom is 0.267 e. The van der Waals surface area contributed by atoms with Gasteiger partial charge in [-0.3, -0.25) is 4.99 Å². The molecule has 160 valence electrons. The van der Waals surface area contributed by atoms with E-state index in [1.165, 1.54) is 38.5 Å². The zero-order valence-electron chi connectivity index (χ0n) is 16.8. The Bertz CT molecular complexity index is 1200. The van der Waals surface area contributed by atoms with Crippen molar-refractivity contribution in [1.29, 1.82) is 0 Å². The smallest absolute Gasteiger partial charge is 0.267 e. The van der Waals surface area contributed by atoms with Crippen molar-refractivity contribution >= 4 is 26.9 Å². The van der Waals surface area contributed by atoms with Gasteiger partial charge in [-0.1, -0.05) is 0 Å². The monoisotopic (exact) mass is 434 g/mol. The van der Waals surface area contributed by atoms with Crippen LogP contribution in [0.25, 0.3) is 10.9 Å². The molecule has 30 heavy (non-hydrogen) atoms. The molecule has 1 heterocycles. The molecule has 0 fully saturated rings. The molecule has 0 aliphatic heterocycles. The Morgan fingerprint density at radius 3 is 2.67 bits per heavy atom. The SMILES string of the molecule is COc1ccc(OC)c(S(=O)(=O)NC(N)=NCCc2c(C)[nH]c3ccc(F)cc23)c1. The van der Waals surface area contributed by atoms with Crippen LogP contribution in [0, 0.1) is 12.7 Å². The summed E-state index contributed by atoms with van der Waals surface area (Å²) >= 11 is 0. The lowest BCUT2D eigenvalue weighted by Gasteiger charge is -2.12. The molecule has 0 saturated carbocycles. The second kappa shape index (κ2) is 8.62. The molecule has 0 spiro atoms. The number of nitrogens with zero attached hydrogens (tertiary/aromatic N) is 1. The molecule has 1 aromatic heterocycles. The van der Waals surface area contributed by atoms with Crippen LogP contribution in [-0.4, -0.2) is 40.1 Å². The number of aromatic amines is 1. The second-order valence-electron chi connectivity index (χ2n) is 6.56. The Morgan fingerprint density at radius 2 is 1.97 bits per heavy atom. The lowest BCUT2D eigenvalue weighted by molar-refractivity contribution is 0.392. The Hall–Kier alpha value is -3.27. The molecule has 0 aliphatic rings. The highest BCUT2D eigenvalue weighted by molar-refractivity contribution is 7.90. The topological polar surface area (TPSA) is 119 Å². The first-order valence-electron chi connectivity index (χ1n) is 9.06. The van der Waals surface area contributed by atoms with Crippen LogP contribution < -0.4 is 19.9 Å². The van der Waals surface area contributed by atoms with Crippen molar-refractivity contribution in [2.24, 2.45) is 10.7 Å². The number of nitrogens with two attached hydrogens (primary N) is 1.